The van der Waals surface area contributed by atoms with Gasteiger partial charge in [-0.2, -0.15) is 0 Å². The highest BCUT2D eigenvalue weighted by Crippen LogP contribution is 2.38. The third kappa shape index (κ3) is 3.63. The number of ketones is 1. The lowest BCUT2D eigenvalue weighted by Gasteiger charge is -2.35. The Morgan fingerprint density at radius 3 is 2.28 bits per heavy atom. The minimum atomic E-state index is -0.0243. The van der Waals surface area contributed by atoms with Crippen LogP contribution in [0, 0.1) is 0 Å². The molecule has 3 aromatic rings. The van der Waals surface area contributed by atoms with E-state index in [0.717, 1.165) is 42.8 Å². The summed E-state index contributed by atoms with van der Waals surface area (Å²) < 4.78 is 11.0. The Hall–Kier alpha value is -3.12. The molecule has 1 aliphatic heterocycles. The second-order valence-corrected chi connectivity index (χ2v) is 7.23. The Labute approximate surface area is 170 Å². The van der Waals surface area contributed by atoms with Gasteiger partial charge < -0.3 is 19.3 Å². The molecule has 0 amide bonds. The van der Waals surface area contributed by atoms with Gasteiger partial charge in [0, 0.05) is 49.4 Å². The van der Waals surface area contributed by atoms with E-state index < -0.39 is 0 Å². The van der Waals surface area contributed by atoms with E-state index in [2.05, 4.69) is 21.8 Å². The number of likely N-dealkylation sites (N-methyl/N-ethyl adjacent to an activating group) is 1. The summed E-state index contributed by atoms with van der Waals surface area (Å²) >= 11 is 0. The average molecular weight is 391 g/mol. The fraction of sp³-hybridized carbons (Fsp3) is 0.304. The molecule has 1 saturated heterocycles. The van der Waals surface area contributed by atoms with Crippen LogP contribution in [0.4, 0.5) is 5.69 Å². The number of benzene rings is 2. The molecule has 0 N–H and O–H groups in total. The average Bonchev–Trinajstić information content (AvgIpc) is 2.78. The van der Waals surface area contributed by atoms with Crippen molar-refractivity contribution in [2.45, 2.75) is 0 Å². The van der Waals surface area contributed by atoms with E-state index in [9.17, 15) is 4.79 Å². The molecule has 0 unspecified atom stereocenters. The third-order valence-corrected chi connectivity index (χ3v) is 5.44. The first kappa shape index (κ1) is 19.2. The smallest absolute Gasteiger partial charge is 0.196 e. The quantitative estimate of drug-likeness (QED) is 0.623. The van der Waals surface area contributed by atoms with Gasteiger partial charge in [-0.05, 0) is 13.1 Å². The van der Waals surface area contributed by atoms with Crippen LogP contribution < -0.4 is 14.4 Å². The molecule has 150 valence electrons. The molecule has 4 rings (SSSR count). The molecule has 0 spiro atoms. The summed E-state index contributed by atoms with van der Waals surface area (Å²) in [5, 5.41) is 0.897. The summed E-state index contributed by atoms with van der Waals surface area (Å²) in [6.45, 7) is 3.57. The zero-order chi connectivity index (χ0) is 20.4. The maximum absolute atomic E-state index is 13.4. The highest BCUT2D eigenvalue weighted by Gasteiger charge is 2.25. The molecule has 0 aliphatic carbocycles. The lowest BCUT2D eigenvalue weighted by atomic mass is 9.99. The van der Waals surface area contributed by atoms with Crippen LogP contribution in [0.25, 0.3) is 10.9 Å². The predicted molar refractivity (Wildman–Crippen MR) is 114 cm³/mol. The molecule has 1 fully saturated rings. The second-order valence-electron chi connectivity index (χ2n) is 7.23. The first-order valence-corrected chi connectivity index (χ1v) is 9.70. The van der Waals surface area contributed by atoms with Crippen molar-refractivity contribution >= 4 is 22.4 Å². The molecule has 6 nitrogen and oxygen atoms in total. The minimum absolute atomic E-state index is 0.0243. The first-order valence-electron chi connectivity index (χ1n) is 9.70. The van der Waals surface area contributed by atoms with Gasteiger partial charge in [-0.25, -0.2) is 0 Å². The number of hydrogen-bond donors (Lipinski definition) is 0. The fourth-order valence-corrected chi connectivity index (χ4v) is 3.79. The lowest BCUT2D eigenvalue weighted by molar-refractivity contribution is 0.103. The van der Waals surface area contributed by atoms with Crippen molar-refractivity contribution in [3.63, 3.8) is 0 Å². The van der Waals surface area contributed by atoms with Gasteiger partial charge in [0.1, 0.15) is 0 Å². The van der Waals surface area contributed by atoms with Crippen molar-refractivity contribution in [1.29, 1.82) is 0 Å². The van der Waals surface area contributed by atoms with Gasteiger partial charge in [0.05, 0.1) is 31.0 Å². The van der Waals surface area contributed by atoms with Gasteiger partial charge in [-0.1, -0.05) is 30.3 Å². The summed E-state index contributed by atoms with van der Waals surface area (Å²) in [4.78, 5) is 22.5. The number of carbonyl (C=O) groups excluding carboxylic acids is 1. The van der Waals surface area contributed by atoms with Gasteiger partial charge in [-0.3, -0.25) is 9.78 Å². The van der Waals surface area contributed by atoms with Crippen LogP contribution in [0.15, 0.2) is 48.7 Å². The first-order chi connectivity index (χ1) is 14.1. The summed E-state index contributed by atoms with van der Waals surface area (Å²) in [6.07, 6.45) is 1.69. The topological polar surface area (TPSA) is 54.9 Å². The number of aromatic nitrogens is 1. The number of hydrogen-bond acceptors (Lipinski definition) is 6. The van der Waals surface area contributed by atoms with E-state index in [1.165, 1.54) is 0 Å². The van der Waals surface area contributed by atoms with Crippen LogP contribution in [0.1, 0.15) is 15.9 Å². The Kier molecular flexibility index (Phi) is 5.36. The van der Waals surface area contributed by atoms with Crippen molar-refractivity contribution in [3.05, 3.63) is 59.8 Å². The normalized spacial score (nSPS) is 14.8. The van der Waals surface area contributed by atoms with E-state index in [-0.39, 0.29) is 5.78 Å². The standard InChI is InChI=1S/C23H25N3O3/c1-25-9-11-26(12-10-25)22-17-13-20(28-2)21(29-3)14-19(17)24-15-18(22)23(27)16-7-5-4-6-8-16/h4-8,13-15H,9-12H2,1-3H3. The molecule has 1 aromatic heterocycles. The van der Waals surface area contributed by atoms with Crippen LogP contribution in [0.3, 0.4) is 0 Å². The minimum Gasteiger partial charge on any atom is -0.493 e. The van der Waals surface area contributed by atoms with E-state index in [1.807, 2.05) is 42.5 Å². The van der Waals surface area contributed by atoms with Gasteiger partial charge in [0.25, 0.3) is 0 Å². The van der Waals surface area contributed by atoms with Crippen LogP contribution in [-0.4, -0.2) is 63.1 Å². The number of fused-ring (bicyclic) bond motifs is 1. The summed E-state index contributed by atoms with van der Waals surface area (Å²) in [7, 11) is 5.34. The fourth-order valence-electron chi connectivity index (χ4n) is 3.79. The monoisotopic (exact) mass is 391 g/mol. The maximum atomic E-state index is 13.4. The maximum Gasteiger partial charge on any atom is 0.196 e. The molecule has 29 heavy (non-hydrogen) atoms. The van der Waals surface area contributed by atoms with Gasteiger partial charge in [0.2, 0.25) is 0 Å². The Bertz CT molecular complexity index is 1030. The Balaban J connectivity index is 1.92. The Morgan fingerprint density at radius 1 is 0.966 bits per heavy atom. The number of methoxy groups -OCH3 is 2. The predicted octanol–water partition coefficient (Wildman–Crippen LogP) is 3.23. The second kappa shape index (κ2) is 8.09. The van der Waals surface area contributed by atoms with Crippen LogP contribution >= 0.6 is 0 Å². The van der Waals surface area contributed by atoms with Gasteiger partial charge in [0.15, 0.2) is 17.3 Å². The number of piperazine rings is 1. The van der Waals surface area contributed by atoms with E-state index in [0.29, 0.717) is 22.6 Å². The van der Waals surface area contributed by atoms with Gasteiger partial charge >= 0.3 is 0 Å². The lowest BCUT2D eigenvalue weighted by Crippen LogP contribution is -2.45. The summed E-state index contributed by atoms with van der Waals surface area (Å²) in [6, 6.07) is 13.1. The van der Waals surface area contributed by atoms with Crippen LogP contribution in [-0.2, 0) is 0 Å². The number of ether oxygens (including phenoxy) is 2. The SMILES string of the molecule is COc1cc2ncc(C(=O)c3ccccc3)c(N3CCN(C)CC3)c2cc1OC. The molecule has 2 heterocycles. The molecule has 1 aliphatic rings. The highest BCUT2D eigenvalue weighted by molar-refractivity contribution is 6.16. The summed E-state index contributed by atoms with van der Waals surface area (Å²) in [5.74, 6) is 1.23. The van der Waals surface area contributed by atoms with E-state index in [1.54, 1.807) is 20.4 Å². The molecular formula is C23H25N3O3. The van der Waals surface area contributed by atoms with Crippen molar-refractivity contribution in [2.75, 3.05) is 52.3 Å². The van der Waals surface area contributed by atoms with Crippen molar-refractivity contribution in [3.8, 4) is 11.5 Å². The third-order valence-electron chi connectivity index (χ3n) is 5.44. The van der Waals surface area contributed by atoms with Crippen LogP contribution in [0.5, 0.6) is 11.5 Å². The van der Waals surface area contributed by atoms with Crippen LogP contribution in [0.2, 0.25) is 0 Å². The van der Waals surface area contributed by atoms with Crippen molar-refractivity contribution in [1.82, 2.24) is 9.88 Å². The number of anilines is 1. The Morgan fingerprint density at radius 2 is 1.62 bits per heavy atom. The van der Waals surface area contributed by atoms with Crippen molar-refractivity contribution in [2.24, 2.45) is 0 Å². The molecule has 0 bridgehead atoms. The molecular weight excluding hydrogens is 366 g/mol. The highest BCUT2D eigenvalue weighted by atomic mass is 16.5. The molecule has 2 aromatic carbocycles. The molecule has 6 heteroatoms. The number of nitrogens with zero attached hydrogens (tertiary/aromatic N) is 3. The number of pyridine rings is 1. The van der Waals surface area contributed by atoms with Crippen molar-refractivity contribution < 1.29 is 14.3 Å². The largest absolute Gasteiger partial charge is 0.493 e. The zero-order valence-electron chi connectivity index (χ0n) is 17.0. The summed E-state index contributed by atoms with van der Waals surface area (Å²) in [5.41, 5.74) is 2.96. The van der Waals surface area contributed by atoms with E-state index in [4.69, 9.17) is 9.47 Å². The number of rotatable bonds is 5. The van der Waals surface area contributed by atoms with Gasteiger partial charge in [-0.15, -0.1) is 0 Å². The molecule has 0 saturated carbocycles. The molecule has 0 radical (unpaired) electrons. The van der Waals surface area contributed by atoms with E-state index >= 15 is 0 Å². The number of carbonyl (C=O) groups is 1. The zero-order valence-corrected chi connectivity index (χ0v) is 17.0. The molecule has 0 atom stereocenters.